The van der Waals surface area contributed by atoms with Crippen LogP contribution in [0.2, 0.25) is 0 Å². The van der Waals surface area contributed by atoms with E-state index in [1.54, 1.807) is 19.9 Å². The fraction of sp³-hybridized carbons (Fsp3) is 0.455. The number of sulfonamides is 1. The molecule has 1 unspecified atom stereocenters. The Morgan fingerprint density at radius 2 is 1.96 bits per heavy atom. The van der Waals surface area contributed by atoms with Gasteiger partial charge in [0.2, 0.25) is 21.8 Å². The largest absolute Gasteiger partial charge is 0.472 e. The summed E-state index contributed by atoms with van der Waals surface area (Å²) in [5.74, 6) is -0.442. The van der Waals surface area contributed by atoms with Crippen molar-refractivity contribution in [1.82, 2.24) is 29.6 Å². The number of ether oxygens (including phenoxy) is 1. The van der Waals surface area contributed by atoms with Gasteiger partial charge in [-0.25, -0.2) is 18.1 Å². The Hall–Kier alpha value is -3.87. The molecule has 240 valence electrons. The highest BCUT2D eigenvalue weighted by Crippen LogP contribution is 2.36. The topological polar surface area (TPSA) is 140 Å². The number of amides is 1. The Bertz CT molecular complexity index is 1810. The third-order valence-corrected chi connectivity index (χ3v) is 10.2. The normalized spacial score (nSPS) is 17.4. The van der Waals surface area contributed by atoms with E-state index in [1.165, 1.54) is 16.6 Å². The zero-order valence-electron chi connectivity index (χ0n) is 26.7. The quantitative estimate of drug-likeness (QED) is 0.264. The van der Waals surface area contributed by atoms with E-state index in [-0.39, 0.29) is 54.8 Å². The van der Waals surface area contributed by atoms with Gasteiger partial charge in [-0.05, 0) is 87.1 Å². The van der Waals surface area contributed by atoms with Crippen LogP contribution in [0.15, 0.2) is 53.6 Å². The van der Waals surface area contributed by atoms with Crippen molar-refractivity contribution in [2.24, 2.45) is 0 Å². The average molecular weight is 635 g/mol. The number of hydrogen-bond acceptors (Lipinski definition) is 8. The van der Waals surface area contributed by atoms with Crippen LogP contribution in [-0.4, -0.2) is 68.5 Å². The second-order valence-electron chi connectivity index (χ2n) is 12.3. The average Bonchev–Trinajstić information content (AvgIpc) is 3.39. The van der Waals surface area contributed by atoms with Gasteiger partial charge in [0.1, 0.15) is 16.5 Å². The number of nitrogens with one attached hydrogen (secondary N) is 1. The van der Waals surface area contributed by atoms with Crippen LogP contribution in [0.5, 0.6) is 5.88 Å². The van der Waals surface area contributed by atoms with Gasteiger partial charge in [0, 0.05) is 38.2 Å². The highest BCUT2D eigenvalue weighted by atomic mass is 32.2. The van der Waals surface area contributed by atoms with Crippen molar-refractivity contribution in [3.05, 3.63) is 76.5 Å². The fourth-order valence-electron chi connectivity index (χ4n) is 5.72. The monoisotopic (exact) mass is 634 g/mol. The predicted octanol–water partition coefficient (Wildman–Crippen LogP) is 4.23. The number of fused-ring (bicyclic) bond motifs is 2. The smallest absolute Gasteiger partial charge is 0.248 e. The Morgan fingerprint density at radius 1 is 1.18 bits per heavy atom. The van der Waals surface area contributed by atoms with E-state index in [0.29, 0.717) is 13.0 Å². The summed E-state index contributed by atoms with van der Waals surface area (Å²) >= 11 is 0. The van der Waals surface area contributed by atoms with Crippen molar-refractivity contribution in [3.8, 4) is 5.88 Å². The van der Waals surface area contributed by atoms with Crippen LogP contribution in [0.1, 0.15) is 74.3 Å². The van der Waals surface area contributed by atoms with Gasteiger partial charge in [-0.3, -0.25) is 4.79 Å². The summed E-state index contributed by atoms with van der Waals surface area (Å²) in [7, 11) is -3.89. The van der Waals surface area contributed by atoms with Crippen molar-refractivity contribution in [1.29, 1.82) is 0 Å². The van der Waals surface area contributed by atoms with E-state index < -0.39 is 15.6 Å². The predicted molar refractivity (Wildman–Crippen MR) is 171 cm³/mol. The lowest BCUT2D eigenvalue weighted by Crippen LogP contribution is -2.38. The van der Waals surface area contributed by atoms with Gasteiger partial charge in [-0.15, -0.1) is 5.10 Å². The van der Waals surface area contributed by atoms with E-state index in [2.05, 4.69) is 20.6 Å². The molecule has 1 aliphatic heterocycles. The third kappa shape index (κ3) is 6.87. The number of rotatable bonds is 10. The van der Waals surface area contributed by atoms with Crippen molar-refractivity contribution < 1.29 is 23.1 Å². The molecule has 1 aliphatic rings. The molecule has 2 atom stereocenters. The summed E-state index contributed by atoms with van der Waals surface area (Å²) in [6, 6.07) is 13.1. The minimum absolute atomic E-state index is 0.0557. The van der Waals surface area contributed by atoms with Crippen molar-refractivity contribution in [2.45, 2.75) is 90.0 Å². The molecule has 45 heavy (non-hydrogen) atoms. The molecule has 0 saturated heterocycles. The molecule has 5 rings (SSSR count). The number of carbonyl (C=O) groups excluding carboxylic acids is 1. The number of aromatic nitrogens is 4. The van der Waals surface area contributed by atoms with E-state index in [9.17, 15) is 18.3 Å². The van der Waals surface area contributed by atoms with Crippen LogP contribution in [0.4, 0.5) is 0 Å². The standard InChI is InChI=1S/C33H42N6O5S/c1-7-25-19-38(45(42,43)29-10-9-15-34-32(29)44-25)18-24-16-23(12-11-21(24)3)27(17-30(40)35-20-33(5,6)41)26-13-14-28-31(22(26)4)36-37-39(28)8-2/h9-16,25,27,41H,7-8,17-20H2,1-6H3,(H,35,40)/t25-,27?/m1/s1. The van der Waals surface area contributed by atoms with Gasteiger partial charge in [-0.2, -0.15) is 4.31 Å². The second kappa shape index (κ2) is 12.9. The first kappa shape index (κ1) is 32.5. The number of hydrogen-bond donors (Lipinski definition) is 2. The molecule has 0 aliphatic carbocycles. The maximum absolute atomic E-state index is 13.9. The van der Waals surface area contributed by atoms with E-state index in [1.807, 2.05) is 62.7 Å². The van der Waals surface area contributed by atoms with Gasteiger partial charge in [0.05, 0.1) is 17.7 Å². The summed E-state index contributed by atoms with van der Waals surface area (Å²) < 4.78 is 37.0. The molecule has 4 aromatic rings. The molecule has 0 radical (unpaired) electrons. The summed E-state index contributed by atoms with van der Waals surface area (Å²) in [4.78, 5) is 17.5. The number of carbonyl (C=O) groups is 1. The Labute approximate surface area is 264 Å². The number of nitrogens with zero attached hydrogens (tertiary/aromatic N) is 5. The Morgan fingerprint density at radius 3 is 2.67 bits per heavy atom. The summed E-state index contributed by atoms with van der Waals surface area (Å²) in [6.45, 7) is 12.3. The van der Waals surface area contributed by atoms with Gasteiger partial charge >= 0.3 is 0 Å². The van der Waals surface area contributed by atoms with Crippen LogP contribution in [0.25, 0.3) is 11.0 Å². The third-order valence-electron chi connectivity index (χ3n) is 8.38. The molecule has 2 aromatic heterocycles. The van der Waals surface area contributed by atoms with Gasteiger partial charge in [0.25, 0.3) is 0 Å². The summed E-state index contributed by atoms with van der Waals surface area (Å²) in [5.41, 5.74) is 5.13. The molecule has 0 saturated carbocycles. The SMILES string of the molecule is CC[C@@H]1CN(Cc2cc(C(CC(=O)NCC(C)(C)O)c3ccc4c(nnn4CC)c3C)ccc2C)S(=O)(=O)c2cccnc2O1. The molecule has 11 nitrogen and oxygen atoms in total. The Kier molecular flexibility index (Phi) is 9.29. The minimum Gasteiger partial charge on any atom is -0.472 e. The lowest BCUT2D eigenvalue weighted by atomic mass is 9.84. The molecule has 2 N–H and O–H groups in total. The van der Waals surface area contributed by atoms with E-state index >= 15 is 0 Å². The van der Waals surface area contributed by atoms with Crippen LogP contribution in [0, 0.1) is 13.8 Å². The zero-order chi connectivity index (χ0) is 32.5. The van der Waals surface area contributed by atoms with Crippen LogP contribution in [0.3, 0.4) is 0 Å². The van der Waals surface area contributed by atoms with E-state index in [0.717, 1.165) is 38.9 Å². The molecular weight excluding hydrogens is 592 g/mol. The molecule has 3 heterocycles. The van der Waals surface area contributed by atoms with E-state index in [4.69, 9.17) is 4.74 Å². The maximum Gasteiger partial charge on any atom is 0.248 e. The van der Waals surface area contributed by atoms with Crippen LogP contribution < -0.4 is 10.1 Å². The fourth-order valence-corrected chi connectivity index (χ4v) is 7.25. The first-order valence-corrected chi connectivity index (χ1v) is 16.8. The first-order chi connectivity index (χ1) is 21.3. The van der Waals surface area contributed by atoms with Crippen LogP contribution in [-0.2, 0) is 27.9 Å². The summed E-state index contributed by atoms with van der Waals surface area (Å²) in [5, 5.41) is 21.8. The number of pyridine rings is 1. The van der Waals surface area contributed by atoms with Gasteiger partial charge in [0.15, 0.2) is 0 Å². The number of aryl methyl sites for hydroxylation is 3. The molecule has 12 heteroatoms. The minimum atomic E-state index is -3.89. The van der Waals surface area contributed by atoms with Gasteiger partial charge in [-0.1, -0.05) is 36.4 Å². The van der Waals surface area contributed by atoms with Crippen molar-refractivity contribution in [3.63, 3.8) is 0 Å². The van der Waals surface area contributed by atoms with Crippen molar-refractivity contribution >= 4 is 27.0 Å². The molecule has 2 aromatic carbocycles. The first-order valence-electron chi connectivity index (χ1n) is 15.3. The van der Waals surface area contributed by atoms with Gasteiger partial charge < -0.3 is 15.2 Å². The number of aliphatic hydroxyl groups is 1. The molecular formula is C33H42N6O5S. The lowest BCUT2D eigenvalue weighted by molar-refractivity contribution is -0.122. The maximum atomic E-state index is 13.9. The zero-order valence-corrected chi connectivity index (χ0v) is 27.6. The second-order valence-corrected chi connectivity index (χ2v) is 14.2. The highest BCUT2D eigenvalue weighted by molar-refractivity contribution is 7.89. The lowest BCUT2D eigenvalue weighted by Gasteiger charge is -2.25. The molecule has 1 amide bonds. The molecule has 0 fully saturated rings. The van der Waals surface area contributed by atoms with Crippen LogP contribution >= 0.6 is 0 Å². The number of benzene rings is 2. The molecule has 0 spiro atoms. The highest BCUT2D eigenvalue weighted by Gasteiger charge is 2.35. The van der Waals surface area contributed by atoms with Crippen molar-refractivity contribution in [2.75, 3.05) is 13.1 Å². The Balaban J connectivity index is 1.55. The molecule has 0 bridgehead atoms. The summed E-state index contributed by atoms with van der Waals surface area (Å²) in [6.07, 6.45) is 1.93.